The molecular formula is C13H24N4. The van der Waals surface area contributed by atoms with Gasteiger partial charge in [-0.05, 0) is 25.2 Å². The van der Waals surface area contributed by atoms with Crippen LogP contribution in [-0.4, -0.2) is 33.8 Å². The minimum absolute atomic E-state index is 0.680. The van der Waals surface area contributed by atoms with Crippen molar-refractivity contribution in [1.82, 2.24) is 14.7 Å². The van der Waals surface area contributed by atoms with E-state index in [0.29, 0.717) is 6.04 Å². The summed E-state index contributed by atoms with van der Waals surface area (Å²) < 4.78 is 1.94. The van der Waals surface area contributed by atoms with E-state index in [1.54, 1.807) is 6.20 Å². The smallest absolute Gasteiger partial charge is 0.0719 e. The van der Waals surface area contributed by atoms with Gasteiger partial charge in [0, 0.05) is 25.3 Å². The molecular weight excluding hydrogens is 212 g/mol. The lowest BCUT2D eigenvalue weighted by Crippen LogP contribution is -2.46. The molecule has 2 N–H and O–H groups in total. The summed E-state index contributed by atoms with van der Waals surface area (Å²) in [4.78, 5) is 2.58. The molecule has 1 fully saturated rings. The quantitative estimate of drug-likeness (QED) is 0.871. The molecule has 3 atom stereocenters. The number of hydrogen-bond donors (Lipinski definition) is 1. The molecule has 1 aliphatic heterocycles. The number of piperidine rings is 1. The van der Waals surface area contributed by atoms with E-state index in [0.717, 1.165) is 30.6 Å². The molecule has 0 spiro atoms. The molecule has 0 saturated carbocycles. The summed E-state index contributed by atoms with van der Waals surface area (Å²) in [6, 6.07) is 0.680. The molecule has 1 saturated heterocycles. The van der Waals surface area contributed by atoms with Gasteiger partial charge >= 0.3 is 0 Å². The minimum atomic E-state index is 0.680. The molecule has 1 aromatic heterocycles. The van der Waals surface area contributed by atoms with Crippen LogP contribution in [0.5, 0.6) is 0 Å². The number of aromatic nitrogens is 2. The Labute approximate surface area is 104 Å². The number of nitrogens with two attached hydrogens (primary N) is 1. The lowest BCUT2D eigenvalue weighted by atomic mass is 9.86. The number of hydrogen-bond acceptors (Lipinski definition) is 3. The van der Waals surface area contributed by atoms with Crippen LogP contribution in [0.4, 0.5) is 5.69 Å². The van der Waals surface area contributed by atoms with Gasteiger partial charge in [-0.2, -0.15) is 5.10 Å². The Bertz CT molecular complexity index is 360. The first-order chi connectivity index (χ1) is 8.06. The topological polar surface area (TPSA) is 47.1 Å². The van der Waals surface area contributed by atoms with Gasteiger partial charge in [-0.3, -0.25) is 9.58 Å². The fraction of sp³-hybridized carbons (Fsp3) is 0.769. The Morgan fingerprint density at radius 1 is 1.35 bits per heavy atom. The summed E-state index contributed by atoms with van der Waals surface area (Å²) in [6.45, 7) is 10.3. The first kappa shape index (κ1) is 12.4. The van der Waals surface area contributed by atoms with Crippen molar-refractivity contribution in [2.45, 2.75) is 39.8 Å². The molecule has 1 aliphatic rings. The Balaban J connectivity index is 1.89. The molecule has 17 heavy (non-hydrogen) atoms. The average Bonchev–Trinajstić information content (AvgIpc) is 2.67. The Kier molecular flexibility index (Phi) is 3.72. The SMILES string of the molecule is CC1CC(C)C(C)N(CCn2cc(N)cn2)C1. The maximum Gasteiger partial charge on any atom is 0.0719 e. The van der Waals surface area contributed by atoms with Crippen LogP contribution in [0, 0.1) is 11.8 Å². The fourth-order valence-electron chi connectivity index (χ4n) is 2.86. The monoisotopic (exact) mass is 236 g/mol. The van der Waals surface area contributed by atoms with Crippen LogP contribution in [0.2, 0.25) is 0 Å². The van der Waals surface area contributed by atoms with Crippen LogP contribution in [0.25, 0.3) is 0 Å². The van der Waals surface area contributed by atoms with E-state index >= 15 is 0 Å². The third kappa shape index (κ3) is 3.00. The van der Waals surface area contributed by atoms with Crippen LogP contribution in [0.1, 0.15) is 27.2 Å². The zero-order valence-corrected chi connectivity index (χ0v) is 11.1. The van der Waals surface area contributed by atoms with Gasteiger partial charge in [0.2, 0.25) is 0 Å². The summed E-state index contributed by atoms with van der Waals surface area (Å²) in [6.07, 6.45) is 4.97. The molecule has 0 aromatic carbocycles. The Morgan fingerprint density at radius 3 is 2.76 bits per heavy atom. The van der Waals surface area contributed by atoms with Gasteiger partial charge in [0.1, 0.15) is 0 Å². The maximum absolute atomic E-state index is 5.66. The average molecular weight is 236 g/mol. The van der Waals surface area contributed by atoms with Crippen molar-refractivity contribution in [1.29, 1.82) is 0 Å². The second kappa shape index (κ2) is 5.08. The van der Waals surface area contributed by atoms with Crippen molar-refractivity contribution in [2.75, 3.05) is 18.8 Å². The third-order valence-electron chi connectivity index (χ3n) is 3.99. The Hall–Kier alpha value is -1.03. The van der Waals surface area contributed by atoms with E-state index in [1.807, 2.05) is 10.9 Å². The molecule has 4 nitrogen and oxygen atoms in total. The van der Waals surface area contributed by atoms with E-state index in [2.05, 4.69) is 30.8 Å². The van der Waals surface area contributed by atoms with Crippen LogP contribution in [-0.2, 0) is 6.54 Å². The van der Waals surface area contributed by atoms with Gasteiger partial charge in [0.15, 0.2) is 0 Å². The number of rotatable bonds is 3. The molecule has 0 amide bonds. The normalized spacial score (nSPS) is 30.6. The molecule has 0 bridgehead atoms. The van der Waals surface area contributed by atoms with Crippen molar-refractivity contribution in [3.63, 3.8) is 0 Å². The summed E-state index contributed by atoms with van der Waals surface area (Å²) in [7, 11) is 0. The van der Waals surface area contributed by atoms with Gasteiger partial charge in [-0.1, -0.05) is 13.8 Å². The van der Waals surface area contributed by atoms with Gasteiger partial charge < -0.3 is 5.73 Å². The summed E-state index contributed by atoms with van der Waals surface area (Å²) in [5.74, 6) is 1.60. The van der Waals surface area contributed by atoms with Crippen molar-refractivity contribution in [2.24, 2.45) is 11.8 Å². The van der Waals surface area contributed by atoms with Crippen LogP contribution in [0.15, 0.2) is 12.4 Å². The van der Waals surface area contributed by atoms with Crippen LogP contribution in [0.3, 0.4) is 0 Å². The van der Waals surface area contributed by atoms with E-state index in [9.17, 15) is 0 Å². The maximum atomic E-state index is 5.66. The number of anilines is 1. The largest absolute Gasteiger partial charge is 0.396 e. The molecule has 3 unspecified atom stereocenters. The Morgan fingerprint density at radius 2 is 2.12 bits per heavy atom. The molecule has 0 aliphatic carbocycles. The predicted octanol–water partition coefficient (Wildman–Crippen LogP) is 1.83. The van der Waals surface area contributed by atoms with Crippen molar-refractivity contribution in [3.8, 4) is 0 Å². The molecule has 4 heteroatoms. The van der Waals surface area contributed by atoms with Gasteiger partial charge in [-0.25, -0.2) is 0 Å². The zero-order valence-electron chi connectivity index (χ0n) is 11.1. The molecule has 2 heterocycles. The zero-order chi connectivity index (χ0) is 12.4. The van der Waals surface area contributed by atoms with E-state index in [-0.39, 0.29) is 0 Å². The number of nitrogen functional groups attached to an aromatic ring is 1. The second-order valence-corrected chi connectivity index (χ2v) is 5.59. The highest BCUT2D eigenvalue weighted by atomic mass is 15.3. The second-order valence-electron chi connectivity index (χ2n) is 5.59. The molecule has 0 radical (unpaired) electrons. The van der Waals surface area contributed by atoms with E-state index in [4.69, 9.17) is 5.73 Å². The fourth-order valence-corrected chi connectivity index (χ4v) is 2.86. The first-order valence-electron chi connectivity index (χ1n) is 6.58. The first-order valence-corrected chi connectivity index (χ1v) is 6.58. The third-order valence-corrected chi connectivity index (χ3v) is 3.99. The summed E-state index contributed by atoms with van der Waals surface area (Å²) >= 11 is 0. The van der Waals surface area contributed by atoms with E-state index < -0.39 is 0 Å². The lowest BCUT2D eigenvalue weighted by molar-refractivity contribution is 0.0755. The van der Waals surface area contributed by atoms with Crippen molar-refractivity contribution in [3.05, 3.63) is 12.4 Å². The standard InChI is InChI=1S/C13H24N4/c1-10-6-11(2)12(3)16(8-10)4-5-17-9-13(14)7-15-17/h7,9-12H,4-6,8,14H2,1-3H3. The highest BCUT2D eigenvalue weighted by Gasteiger charge is 2.28. The van der Waals surface area contributed by atoms with E-state index in [1.165, 1.54) is 13.0 Å². The minimum Gasteiger partial charge on any atom is -0.396 e. The molecule has 1 aromatic rings. The van der Waals surface area contributed by atoms with Gasteiger partial charge in [-0.15, -0.1) is 0 Å². The van der Waals surface area contributed by atoms with Crippen LogP contribution >= 0.6 is 0 Å². The number of nitrogens with zero attached hydrogens (tertiary/aromatic N) is 3. The van der Waals surface area contributed by atoms with Crippen molar-refractivity contribution >= 4 is 5.69 Å². The molecule has 96 valence electrons. The van der Waals surface area contributed by atoms with Crippen LogP contribution < -0.4 is 5.73 Å². The highest BCUT2D eigenvalue weighted by Crippen LogP contribution is 2.26. The molecule has 2 rings (SSSR count). The van der Waals surface area contributed by atoms with Gasteiger partial charge in [0.25, 0.3) is 0 Å². The number of likely N-dealkylation sites (tertiary alicyclic amines) is 1. The van der Waals surface area contributed by atoms with Crippen molar-refractivity contribution < 1.29 is 0 Å². The summed E-state index contributed by atoms with van der Waals surface area (Å²) in [5, 5.41) is 4.23. The predicted molar refractivity (Wildman–Crippen MR) is 70.6 cm³/mol. The summed E-state index contributed by atoms with van der Waals surface area (Å²) in [5.41, 5.74) is 6.41. The lowest BCUT2D eigenvalue weighted by Gasteiger charge is -2.41. The highest BCUT2D eigenvalue weighted by molar-refractivity contribution is 5.30. The van der Waals surface area contributed by atoms with Gasteiger partial charge in [0.05, 0.1) is 18.4 Å².